The lowest BCUT2D eigenvalue weighted by atomic mass is 10.1. The molecule has 0 bridgehead atoms. The first-order valence-corrected chi connectivity index (χ1v) is 6.38. The number of nitrogens with one attached hydrogen (secondary N) is 1. The van der Waals surface area contributed by atoms with E-state index in [4.69, 9.17) is 16.3 Å². The Hall–Kier alpha value is -0.640. The second-order valence-corrected chi connectivity index (χ2v) is 4.78. The number of rotatable bonds is 3. The Morgan fingerprint density at radius 3 is 3.06 bits per heavy atom. The highest BCUT2D eigenvalue weighted by Crippen LogP contribution is 2.16. The Balaban J connectivity index is 1.85. The first-order valence-electron chi connectivity index (χ1n) is 6.01. The minimum absolute atomic E-state index is 0.188. The van der Waals surface area contributed by atoms with Gasteiger partial charge in [0.25, 0.3) is 0 Å². The molecular formula is C13H17ClFNO. The van der Waals surface area contributed by atoms with Crippen LogP contribution in [0, 0.1) is 5.82 Å². The van der Waals surface area contributed by atoms with Gasteiger partial charge in [-0.05, 0) is 37.0 Å². The molecule has 1 heterocycles. The number of benzene rings is 1. The lowest BCUT2D eigenvalue weighted by Gasteiger charge is -2.15. The second-order valence-electron chi connectivity index (χ2n) is 4.37. The van der Waals surface area contributed by atoms with Gasteiger partial charge in [-0.3, -0.25) is 0 Å². The minimum Gasteiger partial charge on any atom is -0.381 e. The Labute approximate surface area is 106 Å². The van der Waals surface area contributed by atoms with Crippen LogP contribution in [0.2, 0.25) is 5.02 Å². The Kier molecular flexibility index (Phi) is 4.77. The second kappa shape index (κ2) is 6.34. The molecule has 0 radical (unpaired) electrons. The van der Waals surface area contributed by atoms with Crippen LogP contribution in [0.1, 0.15) is 24.8 Å². The van der Waals surface area contributed by atoms with Crippen LogP contribution in [0.15, 0.2) is 18.2 Å². The summed E-state index contributed by atoms with van der Waals surface area (Å²) in [6.45, 7) is 2.41. The molecule has 1 N–H and O–H groups in total. The van der Waals surface area contributed by atoms with Gasteiger partial charge in [0.1, 0.15) is 5.82 Å². The molecule has 0 aromatic heterocycles. The normalized spacial score (nSPS) is 21.2. The quantitative estimate of drug-likeness (QED) is 0.898. The van der Waals surface area contributed by atoms with E-state index in [1.807, 2.05) is 0 Å². The van der Waals surface area contributed by atoms with Crippen LogP contribution in [-0.2, 0) is 11.3 Å². The van der Waals surface area contributed by atoms with E-state index in [2.05, 4.69) is 5.32 Å². The zero-order valence-electron chi connectivity index (χ0n) is 9.72. The molecule has 1 unspecified atom stereocenters. The topological polar surface area (TPSA) is 21.3 Å². The number of hydrogen-bond acceptors (Lipinski definition) is 2. The fraction of sp³-hybridized carbons (Fsp3) is 0.538. The standard InChI is InChI=1S/C13H17ClFNO/c14-12-8-10(3-4-13(12)15)9-16-11-2-1-6-17-7-5-11/h3-4,8,11,16H,1-2,5-7,9H2. The molecule has 0 aliphatic carbocycles. The van der Waals surface area contributed by atoms with Gasteiger partial charge in [0.05, 0.1) is 5.02 Å². The van der Waals surface area contributed by atoms with E-state index in [9.17, 15) is 4.39 Å². The SMILES string of the molecule is Fc1ccc(CNC2CCCOCC2)cc1Cl. The molecule has 1 aliphatic heterocycles. The highest BCUT2D eigenvalue weighted by Gasteiger charge is 2.11. The lowest BCUT2D eigenvalue weighted by Crippen LogP contribution is -2.28. The zero-order valence-corrected chi connectivity index (χ0v) is 10.5. The smallest absolute Gasteiger partial charge is 0.141 e. The molecule has 0 amide bonds. The molecule has 1 aliphatic rings. The average molecular weight is 258 g/mol. The third-order valence-electron chi connectivity index (χ3n) is 3.03. The summed E-state index contributed by atoms with van der Waals surface area (Å²) in [6, 6.07) is 5.34. The Morgan fingerprint density at radius 2 is 2.24 bits per heavy atom. The molecule has 1 atom stereocenters. The van der Waals surface area contributed by atoms with E-state index < -0.39 is 0 Å². The molecule has 2 rings (SSSR count). The van der Waals surface area contributed by atoms with E-state index in [0.717, 1.165) is 44.6 Å². The van der Waals surface area contributed by atoms with Crippen LogP contribution in [0.25, 0.3) is 0 Å². The van der Waals surface area contributed by atoms with E-state index in [0.29, 0.717) is 6.04 Å². The maximum Gasteiger partial charge on any atom is 0.141 e. The van der Waals surface area contributed by atoms with Crippen LogP contribution in [-0.4, -0.2) is 19.3 Å². The van der Waals surface area contributed by atoms with Crippen molar-refractivity contribution in [2.24, 2.45) is 0 Å². The van der Waals surface area contributed by atoms with Crippen LogP contribution in [0.5, 0.6) is 0 Å². The molecule has 1 aromatic rings. The summed E-state index contributed by atoms with van der Waals surface area (Å²) in [5, 5.41) is 3.65. The third-order valence-corrected chi connectivity index (χ3v) is 3.32. The lowest BCUT2D eigenvalue weighted by molar-refractivity contribution is 0.142. The van der Waals surface area contributed by atoms with Gasteiger partial charge in [-0.2, -0.15) is 0 Å². The molecule has 0 spiro atoms. The van der Waals surface area contributed by atoms with Gasteiger partial charge in [0.15, 0.2) is 0 Å². The van der Waals surface area contributed by atoms with Gasteiger partial charge >= 0.3 is 0 Å². The van der Waals surface area contributed by atoms with Gasteiger partial charge in [-0.1, -0.05) is 17.7 Å². The monoisotopic (exact) mass is 257 g/mol. The van der Waals surface area contributed by atoms with Crippen molar-refractivity contribution in [3.8, 4) is 0 Å². The summed E-state index contributed by atoms with van der Waals surface area (Å²) in [4.78, 5) is 0. The van der Waals surface area contributed by atoms with E-state index in [-0.39, 0.29) is 10.8 Å². The van der Waals surface area contributed by atoms with E-state index >= 15 is 0 Å². The molecular weight excluding hydrogens is 241 g/mol. The van der Waals surface area contributed by atoms with E-state index in [1.54, 1.807) is 12.1 Å². The van der Waals surface area contributed by atoms with Crippen LogP contribution < -0.4 is 5.32 Å². The summed E-state index contributed by atoms with van der Waals surface area (Å²) >= 11 is 5.74. The summed E-state index contributed by atoms with van der Waals surface area (Å²) in [5.74, 6) is -0.363. The maximum absolute atomic E-state index is 13.0. The summed E-state index contributed by atoms with van der Waals surface area (Å²) in [6.07, 6.45) is 3.27. The number of ether oxygens (including phenoxy) is 1. The summed E-state index contributed by atoms with van der Waals surface area (Å²) in [5.41, 5.74) is 1.02. The van der Waals surface area contributed by atoms with Crippen molar-refractivity contribution in [1.82, 2.24) is 5.32 Å². The zero-order chi connectivity index (χ0) is 12.1. The summed E-state index contributed by atoms with van der Waals surface area (Å²) < 4.78 is 18.4. The van der Waals surface area contributed by atoms with Crippen molar-refractivity contribution in [2.75, 3.05) is 13.2 Å². The van der Waals surface area contributed by atoms with Crippen LogP contribution in [0.3, 0.4) is 0 Å². The Bertz CT molecular complexity index is 364. The third kappa shape index (κ3) is 3.95. The van der Waals surface area contributed by atoms with Crippen LogP contribution in [0.4, 0.5) is 4.39 Å². The van der Waals surface area contributed by atoms with Crippen molar-refractivity contribution < 1.29 is 9.13 Å². The van der Waals surface area contributed by atoms with Crippen molar-refractivity contribution in [3.63, 3.8) is 0 Å². The van der Waals surface area contributed by atoms with E-state index in [1.165, 1.54) is 6.07 Å². The predicted octanol–water partition coefficient (Wildman–Crippen LogP) is 3.14. The van der Waals surface area contributed by atoms with Gasteiger partial charge in [0.2, 0.25) is 0 Å². The molecule has 4 heteroatoms. The van der Waals surface area contributed by atoms with Crippen molar-refractivity contribution in [1.29, 1.82) is 0 Å². The van der Waals surface area contributed by atoms with Crippen molar-refractivity contribution >= 4 is 11.6 Å². The molecule has 0 saturated carbocycles. The molecule has 94 valence electrons. The van der Waals surface area contributed by atoms with Gasteiger partial charge < -0.3 is 10.1 Å². The Morgan fingerprint density at radius 1 is 1.35 bits per heavy atom. The predicted molar refractivity (Wildman–Crippen MR) is 66.7 cm³/mol. The van der Waals surface area contributed by atoms with Gasteiger partial charge in [-0.15, -0.1) is 0 Å². The molecule has 17 heavy (non-hydrogen) atoms. The van der Waals surface area contributed by atoms with Gasteiger partial charge in [0, 0.05) is 25.8 Å². The van der Waals surface area contributed by atoms with Crippen molar-refractivity contribution in [2.45, 2.75) is 31.8 Å². The fourth-order valence-electron chi connectivity index (χ4n) is 2.02. The number of hydrogen-bond donors (Lipinski definition) is 1. The average Bonchev–Trinajstić information content (AvgIpc) is 2.59. The maximum atomic E-state index is 13.0. The molecule has 1 aromatic carbocycles. The van der Waals surface area contributed by atoms with Gasteiger partial charge in [-0.25, -0.2) is 4.39 Å². The fourth-order valence-corrected chi connectivity index (χ4v) is 2.22. The first kappa shape index (κ1) is 12.8. The van der Waals surface area contributed by atoms with Crippen LogP contribution >= 0.6 is 11.6 Å². The molecule has 1 saturated heterocycles. The minimum atomic E-state index is -0.363. The highest BCUT2D eigenvalue weighted by atomic mass is 35.5. The summed E-state index contributed by atoms with van der Waals surface area (Å²) in [7, 11) is 0. The van der Waals surface area contributed by atoms with Crippen molar-refractivity contribution in [3.05, 3.63) is 34.6 Å². The largest absolute Gasteiger partial charge is 0.381 e. The first-order chi connectivity index (χ1) is 8.25. The highest BCUT2D eigenvalue weighted by molar-refractivity contribution is 6.30. The molecule has 1 fully saturated rings. The molecule has 2 nitrogen and oxygen atoms in total. The number of halogens is 2.